The van der Waals surface area contributed by atoms with Crippen LogP contribution in [0.15, 0.2) is 42.5 Å². The van der Waals surface area contributed by atoms with E-state index in [0.29, 0.717) is 0 Å². The Labute approximate surface area is 150 Å². The van der Waals surface area contributed by atoms with Crippen LogP contribution in [-0.2, 0) is 0 Å². The van der Waals surface area contributed by atoms with Crippen LogP contribution in [0, 0.1) is 5.82 Å². The highest BCUT2D eigenvalue weighted by Crippen LogP contribution is 2.25. The summed E-state index contributed by atoms with van der Waals surface area (Å²) in [6.45, 7) is 3.40. The first-order valence-electron chi connectivity index (χ1n) is 8.32. The number of carboxylic acid groups (broad SMARTS) is 1. The van der Waals surface area contributed by atoms with Gasteiger partial charge in [0.25, 0.3) is 5.91 Å². The first kappa shape index (κ1) is 17.9. The molecule has 26 heavy (non-hydrogen) atoms. The largest absolute Gasteiger partial charge is 0.478 e. The van der Waals surface area contributed by atoms with Crippen LogP contribution in [0.1, 0.15) is 20.7 Å². The number of rotatable bonds is 4. The molecule has 0 atom stereocenters. The molecule has 0 saturated carbocycles. The maximum atomic E-state index is 13.8. The van der Waals surface area contributed by atoms with Crippen molar-refractivity contribution in [3.63, 3.8) is 0 Å². The molecule has 136 valence electrons. The van der Waals surface area contributed by atoms with E-state index < -0.39 is 17.7 Å². The molecule has 1 saturated heterocycles. The number of piperazine rings is 1. The first-order chi connectivity index (χ1) is 12.5. The van der Waals surface area contributed by atoms with Gasteiger partial charge in [-0.2, -0.15) is 0 Å². The van der Waals surface area contributed by atoms with Crippen molar-refractivity contribution in [3.8, 4) is 0 Å². The van der Waals surface area contributed by atoms with Crippen LogP contribution in [0.4, 0.5) is 15.8 Å². The topological polar surface area (TPSA) is 72.9 Å². The van der Waals surface area contributed by atoms with E-state index in [0.717, 1.165) is 31.9 Å². The molecule has 1 aliphatic rings. The Morgan fingerprint density at radius 1 is 1.04 bits per heavy atom. The second-order valence-corrected chi connectivity index (χ2v) is 6.26. The number of aromatic carboxylic acids is 1. The van der Waals surface area contributed by atoms with Gasteiger partial charge in [-0.05, 0) is 37.4 Å². The van der Waals surface area contributed by atoms with Crippen LogP contribution in [0.3, 0.4) is 0 Å². The van der Waals surface area contributed by atoms with Crippen molar-refractivity contribution in [2.75, 3.05) is 43.4 Å². The van der Waals surface area contributed by atoms with Gasteiger partial charge in [0.1, 0.15) is 5.82 Å². The second kappa shape index (κ2) is 7.53. The van der Waals surface area contributed by atoms with Gasteiger partial charge in [0, 0.05) is 31.9 Å². The molecule has 0 bridgehead atoms. The summed E-state index contributed by atoms with van der Waals surface area (Å²) in [6, 6.07) is 10.4. The zero-order valence-corrected chi connectivity index (χ0v) is 14.4. The number of hydrogen-bond acceptors (Lipinski definition) is 4. The van der Waals surface area contributed by atoms with Gasteiger partial charge in [-0.15, -0.1) is 0 Å². The molecular weight excluding hydrogens is 337 g/mol. The Hall–Kier alpha value is -2.93. The van der Waals surface area contributed by atoms with Crippen molar-refractivity contribution in [1.82, 2.24) is 4.90 Å². The number of nitrogens with one attached hydrogen (secondary N) is 1. The Morgan fingerprint density at radius 3 is 2.38 bits per heavy atom. The molecule has 0 radical (unpaired) electrons. The fraction of sp³-hybridized carbons (Fsp3) is 0.263. The first-order valence-corrected chi connectivity index (χ1v) is 8.32. The molecule has 2 aromatic rings. The minimum absolute atomic E-state index is 0.0221. The van der Waals surface area contributed by atoms with Crippen molar-refractivity contribution in [3.05, 3.63) is 59.4 Å². The van der Waals surface area contributed by atoms with Crippen LogP contribution in [0.2, 0.25) is 0 Å². The summed E-state index contributed by atoms with van der Waals surface area (Å²) in [5.41, 5.74) is 0.779. The molecule has 1 amide bonds. The van der Waals surface area contributed by atoms with Crippen LogP contribution in [0.5, 0.6) is 0 Å². The zero-order chi connectivity index (χ0) is 18.7. The van der Waals surface area contributed by atoms with Gasteiger partial charge in [-0.3, -0.25) is 4.79 Å². The average molecular weight is 357 g/mol. The molecule has 1 heterocycles. The molecule has 3 rings (SSSR count). The number of amides is 1. The number of hydrogen-bond donors (Lipinski definition) is 2. The predicted octanol–water partition coefficient (Wildman–Crippen LogP) is 2.53. The monoisotopic (exact) mass is 357 g/mol. The Balaban J connectivity index is 1.84. The van der Waals surface area contributed by atoms with E-state index >= 15 is 0 Å². The van der Waals surface area contributed by atoms with E-state index in [1.807, 2.05) is 7.05 Å². The number of carbonyl (C=O) groups excluding carboxylic acids is 1. The van der Waals surface area contributed by atoms with Crippen LogP contribution < -0.4 is 10.2 Å². The average Bonchev–Trinajstić information content (AvgIpc) is 2.63. The SMILES string of the molecule is CN1CCN(c2ccc(NC(=O)c3ccccc3F)c(C(=O)O)c2)CC1. The third-order valence-electron chi connectivity index (χ3n) is 4.47. The lowest BCUT2D eigenvalue weighted by Crippen LogP contribution is -2.44. The standard InChI is InChI=1S/C19H20FN3O3/c1-22-8-10-23(11-9-22)13-6-7-17(15(12-13)19(25)26)21-18(24)14-4-2-3-5-16(14)20/h2-7,12H,8-11H2,1H3,(H,21,24)(H,25,26). The van der Waals surface area contributed by atoms with Gasteiger partial charge >= 0.3 is 5.97 Å². The van der Waals surface area contributed by atoms with Gasteiger partial charge in [0.05, 0.1) is 16.8 Å². The number of benzene rings is 2. The quantitative estimate of drug-likeness (QED) is 0.880. The third kappa shape index (κ3) is 3.83. The van der Waals surface area contributed by atoms with E-state index in [2.05, 4.69) is 15.1 Å². The molecular formula is C19H20FN3O3. The molecule has 1 fully saturated rings. The van der Waals surface area contributed by atoms with Crippen molar-refractivity contribution >= 4 is 23.3 Å². The Kier molecular flexibility index (Phi) is 5.18. The lowest BCUT2D eigenvalue weighted by atomic mass is 10.1. The second-order valence-electron chi connectivity index (χ2n) is 6.26. The van der Waals surface area contributed by atoms with Gasteiger partial charge in [0.2, 0.25) is 0 Å². The summed E-state index contributed by atoms with van der Waals surface area (Å²) in [5.74, 6) is -2.49. The smallest absolute Gasteiger partial charge is 0.337 e. The summed E-state index contributed by atoms with van der Waals surface area (Å²) in [4.78, 5) is 28.2. The molecule has 2 aromatic carbocycles. The third-order valence-corrected chi connectivity index (χ3v) is 4.47. The summed E-state index contributed by atoms with van der Waals surface area (Å²) in [6.07, 6.45) is 0. The van der Waals surface area contributed by atoms with Crippen molar-refractivity contribution in [2.24, 2.45) is 0 Å². The van der Waals surface area contributed by atoms with E-state index in [1.165, 1.54) is 18.2 Å². The lowest BCUT2D eigenvalue weighted by molar-refractivity contribution is 0.0698. The summed E-state index contributed by atoms with van der Waals surface area (Å²) in [5, 5.41) is 12.0. The number of anilines is 2. The van der Waals surface area contributed by atoms with Crippen molar-refractivity contribution < 1.29 is 19.1 Å². The maximum absolute atomic E-state index is 13.8. The van der Waals surface area contributed by atoms with Crippen LogP contribution in [0.25, 0.3) is 0 Å². The van der Waals surface area contributed by atoms with E-state index in [1.54, 1.807) is 24.3 Å². The van der Waals surface area contributed by atoms with Gasteiger partial charge in [-0.1, -0.05) is 12.1 Å². The normalized spacial score (nSPS) is 14.9. The minimum Gasteiger partial charge on any atom is -0.478 e. The van der Waals surface area contributed by atoms with Crippen molar-refractivity contribution in [2.45, 2.75) is 0 Å². The van der Waals surface area contributed by atoms with Gasteiger partial charge < -0.3 is 20.2 Å². The van der Waals surface area contributed by atoms with E-state index in [9.17, 15) is 19.1 Å². The van der Waals surface area contributed by atoms with Crippen molar-refractivity contribution in [1.29, 1.82) is 0 Å². The van der Waals surface area contributed by atoms with E-state index in [-0.39, 0.29) is 16.8 Å². The fourth-order valence-electron chi connectivity index (χ4n) is 2.91. The van der Waals surface area contributed by atoms with Crippen LogP contribution >= 0.6 is 0 Å². The van der Waals surface area contributed by atoms with E-state index in [4.69, 9.17) is 0 Å². The zero-order valence-electron chi connectivity index (χ0n) is 14.4. The number of carbonyl (C=O) groups is 2. The molecule has 7 heteroatoms. The van der Waals surface area contributed by atoms with Crippen LogP contribution in [-0.4, -0.2) is 55.1 Å². The molecule has 0 unspecified atom stereocenters. The molecule has 2 N–H and O–H groups in total. The summed E-state index contributed by atoms with van der Waals surface area (Å²) < 4.78 is 13.8. The lowest BCUT2D eigenvalue weighted by Gasteiger charge is -2.34. The highest BCUT2D eigenvalue weighted by atomic mass is 19.1. The predicted molar refractivity (Wildman–Crippen MR) is 97.5 cm³/mol. The fourth-order valence-corrected chi connectivity index (χ4v) is 2.91. The van der Waals surface area contributed by atoms with Gasteiger partial charge in [0.15, 0.2) is 0 Å². The molecule has 1 aliphatic heterocycles. The maximum Gasteiger partial charge on any atom is 0.337 e. The number of halogens is 1. The Morgan fingerprint density at radius 2 is 1.73 bits per heavy atom. The minimum atomic E-state index is -1.15. The summed E-state index contributed by atoms with van der Waals surface area (Å²) >= 11 is 0. The number of carboxylic acids is 1. The molecule has 0 aliphatic carbocycles. The highest BCUT2D eigenvalue weighted by Gasteiger charge is 2.19. The molecule has 6 nitrogen and oxygen atoms in total. The number of nitrogens with zero attached hydrogens (tertiary/aromatic N) is 2. The molecule has 0 aromatic heterocycles. The highest BCUT2D eigenvalue weighted by molar-refractivity contribution is 6.08. The van der Waals surface area contributed by atoms with Gasteiger partial charge in [-0.25, -0.2) is 9.18 Å². The number of likely N-dealkylation sites (N-methyl/N-ethyl adjacent to an activating group) is 1. The summed E-state index contributed by atoms with van der Waals surface area (Å²) in [7, 11) is 2.04. The molecule has 0 spiro atoms. The Bertz CT molecular complexity index is 833.